The van der Waals surface area contributed by atoms with E-state index in [1.165, 1.54) is 6.20 Å². The number of hydrogen-bond acceptors (Lipinski definition) is 4. The largest absolute Gasteiger partial charge is 0.382 e. The molecule has 0 saturated carbocycles. The van der Waals surface area contributed by atoms with Crippen molar-refractivity contribution in [2.24, 2.45) is 0 Å². The van der Waals surface area contributed by atoms with Gasteiger partial charge in [0.2, 0.25) is 0 Å². The first-order chi connectivity index (χ1) is 4.33. The van der Waals surface area contributed by atoms with Gasteiger partial charge in [-0.3, -0.25) is 4.98 Å². The van der Waals surface area contributed by atoms with Gasteiger partial charge in [-0.25, -0.2) is 4.98 Å². The van der Waals surface area contributed by atoms with Crippen molar-refractivity contribution in [2.45, 2.75) is 5.75 Å². The van der Waals surface area contributed by atoms with Gasteiger partial charge < -0.3 is 5.73 Å². The third-order valence-electron chi connectivity index (χ3n) is 0.887. The Morgan fingerprint density at radius 1 is 1.44 bits per heavy atom. The molecule has 0 aromatic carbocycles. The van der Waals surface area contributed by atoms with Crippen LogP contribution in [0.4, 0.5) is 5.82 Å². The van der Waals surface area contributed by atoms with Crippen LogP contribution in [0.2, 0.25) is 0 Å². The van der Waals surface area contributed by atoms with Crippen LogP contribution in [-0.4, -0.2) is 9.97 Å². The summed E-state index contributed by atoms with van der Waals surface area (Å²) >= 11 is 4.00. The average Bonchev–Trinajstić information content (AvgIpc) is 1.90. The monoisotopic (exact) mass is 141 g/mol. The fraction of sp³-hybridized carbons (Fsp3) is 0.200. The standard InChI is InChI=1S/C5H7N3S/c6-5-2-7-4(3-9)1-8-5/h1-2,9H,3H2,(H2,6,8). The summed E-state index contributed by atoms with van der Waals surface area (Å²) in [6.45, 7) is 0. The number of aromatic nitrogens is 2. The lowest BCUT2D eigenvalue weighted by Crippen LogP contribution is -1.92. The first-order valence-electron chi connectivity index (χ1n) is 2.50. The van der Waals surface area contributed by atoms with Crippen molar-refractivity contribution in [1.29, 1.82) is 0 Å². The Bertz CT molecular complexity index is 184. The van der Waals surface area contributed by atoms with Gasteiger partial charge in [-0.15, -0.1) is 0 Å². The van der Waals surface area contributed by atoms with Crippen LogP contribution in [0, 0.1) is 0 Å². The SMILES string of the molecule is Nc1cnc(CS)cn1. The lowest BCUT2D eigenvalue weighted by molar-refractivity contribution is 1.11. The molecule has 0 spiro atoms. The van der Waals surface area contributed by atoms with Crippen LogP contribution in [0.3, 0.4) is 0 Å². The first-order valence-corrected chi connectivity index (χ1v) is 3.13. The molecule has 9 heavy (non-hydrogen) atoms. The van der Waals surface area contributed by atoms with Gasteiger partial charge in [0.05, 0.1) is 18.1 Å². The predicted octanol–water partition coefficient (Wildman–Crippen LogP) is 0.489. The third-order valence-corrected chi connectivity index (χ3v) is 1.21. The molecule has 0 saturated heterocycles. The molecule has 0 bridgehead atoms. The van der Waals surface area contributed by atoms with Gasteiger partial charge in [-0.05, 0) is 0 Å². The molecule has 0 atom stereocenters. The Morgan fingerprint density at radius 3 is 2.67 bits per heavy atom. The van der Waals surface area contributed by atoms with Crippen molar-refractivity contribution >= 4 is 18.4 Å². The van der Waals surface area contributed by atoms with Crippen molar-refractivity contribution in [3.8, 4) is 0 Å². The van der Waals surface area contributed by atoms with E-state index in [2.05, 4.69) is 22.6 Å². The van der Waals surface area contributed by atoms with Crippen molar-refractivity contribution in [3.05, 3.63) is 18.1 Å². The van der Waals surface area contributed by atoms with E-state index in [4.69, 9.17) is 5.73 Å². The molecule has 1 rings (SSSR count). The van der Waals surface area contributed by atoms with E-state index in [0.29, 0.717) is 11.6 Å². The van der Waals surface area contributed by atoms with E-state index in [1.807, 2.05) is 0 Å². The summed E-state index contributed by atoms with van der Waals surface area (Å²) in [6.07, 6.45) is 3.13. The molecule has 0 aliphatic rings. The molecule has 0 amide bonds. The van der Waals surface area contributed by atoms with Crippen LogP contribution >= 0.6 is 12.6 Å². The molecule has 48 valence electrons. The van der Waals surface area contributed by atoms with Gasteiger partial charge in [-0.2, -0.15) is 12.6 Å². The van der Waals surface area contributed by atoms with Crippen molar-refractivity contribution in [2.75, 3.05) is 5.73 Å². The maximum Gasteiger partial charge on any atom is 0.141 e. The van der Waals surface area contributed by atoms with Crippen molar-refractivity contribution in [1.82, 2.24) is 9.97 Å². The minimum atomic E-state index is 0.445. The molecule has 1 heterocycles. The lowest BCUT2D eigenvalue weighted by Gasteiger charge is -1.92. The van der Waals surface area contributed by atoms with Crippen LogP contribution in [0.25, 0.3) is 0 Å². The Kier molecular flexibility index (Phi) is 1.89. The molecule has 0 aliphatic carbocycles. The highest BCUT2D eigenvalue weighted by molar-refractivity contribution is 7.79. The predicted molar refractivity (Wildman–Crippen MR) is 39.1 cm³/mol. The lowest BCUT2D eigenvalue weighted by atomic mass is 10.5. The number of thiol groups is 1. The maximum atomic E-state index is 5.28. The van der Waals surface area contributed by atoms with Crippen LogP contribution in [0.1, 0.15) is 5.69 Å². The normalized spacial score (nSPS) is 9.44. The van der Waals surface area contributed by atoms with Crippen molar-refractivity contribution in [3.63, 3.8) is 0 Å². The molecule has 1 aromatic heterocycles. The molecule has 0 unspecified atom stereocenters. The smallest absolute Gasteiger partial charge is 0.141 e. The second-order valence-corrected chi connectivity index (χ2v) is 1.91. The van der Waals surface area contributed by atoms with Gasteiger partial charge in [-0.1, -0.05) is 0 Å². The van der Waals surface area contributed by atoms with E-state index in [0.717, 1.165) is 5.69 Å². The zero-order valence-corrected chi connectivity index (χ0v) is 5.68. The quantitative estimate of drug-likeness (QED) is 0.559. The molecule has 0 fully saturated rings. The zero-order valence-electron chi connectivity index (χ0n) is 4.78. The Hall–Kier alpha value is -0.770. The number of nitrogens with zero attached hydrogens (tertiary/aromatic N) is 2. The van der Waals surface area contributed by atoms with E-state index in [9.17, 15) is 0 Å². The Morgan fingerprint density at radius 2 is 2.22 bits per heavy atom. The van der Waals surface area contributed by atoms with Crippen molar-refractivity contribution < 1.29 is 0 Å². The van der Waals surface area contributed by atoms with E-state index in [-0.39, 0.29) is 0 Å². The number of rotatable bonds is 1. The van der Waals surface area contributed by atoms with Crippen LogP contribution in [-0.2, 0) is 5.75 Å². The molecule has 0 radical (unpaired) electrons. The highest BCUT2D eigenvalue weighted by atomic mass is 32.1. The number of nitrogen functional groups attached to an aromatic ring is 1. The maximum absolute atomic E-state index is 5.28. The average molecular weight is 141 g/mol. The molecule has 4 heteroatoms. The summed E-state index contributed by atoms with van der Waals surface area (Å²) in [5, 5.41) is 0. The van der Waals surface area contributed by atoms with E-state index in [1.54, 1.807) is 6.20 Å². The zero-order chi connectivity index (χ0) is 6.69. The van der Waals surface area contributed by atoms with Gasteiger partial charge in [0.25, 0.3) is 0 Å². The number of hydrogen-bond donors (Lipinski definition) is 2. The Labute approximate surface area is 58.7 Å². The number of nitrogens with two attached hydrogens (primary N) is 1. The van der Waals surface area contributed by atoms with Gasteiger partial charge >= 0.3 is 0 Å². The minimum Gasteiger partial charge on any atom is -0.382 e. The molecule has 3 nitrogen and oxygen atoms in total. The fourth-order valence-corrected chi connectivity index (χ4v) is 0.610. The van der Waals surface area contributed by atoms with Gasteiger partial charge in [0, 0.05) is 5.75 Å². The topological polar surface area (TPSA) is 51.8 Å². The van der Waals surface area contributed by atoms with Crippen LogP contribution in [0.5, 0.6) is 0 Å². The minimum absolute atomic E-state index is 0.445. The molecular weight excluding hydrogens is 134 g/mol. The summed E-state index contributed by atoms with van der Waals surface area (Å²) in [6, 6.07) is 0. The molecule has 2 N–H and O–H groups in total. The Balaban J connectivity index is 2.88. The molecule has 0 aliphatic heterocycles. The highest BCUT2D eigenvalue weighted by Crippen LogP contribution is 1.97. The van der Waals surface area contributed by atoms with Gasteiger partial charge in [0.1, 0.15) is 5.82 Å². The van der Waals surface area contributed by atoms with Crippen LogP contribution in [0.15, 0.2) is 12.4 Å². The van der Waals surface area contributed by atoms with Crippen LogP contribution < -0.4 is 5.73 Å². The second-order valence-electron chi connectivity index (χ2n) is 1.59. The summed E-state index contributed by atoms with van der Waals surface area (Å²) in [5.74, 6) is 1.05. The number of anilines is 1. The summed E-state index contributed by atoms with van der Waals surface area (Å²) < 4.78 is 0. The van der Waals surface area contributed by atoms with E-state index >= 15 is 0 Å². The highest BCUT2D eigenvalue weighted by Gasteiger charge is 1.88. The molecular formula is C5H7N3S. The second kappa shape index (κ2) is 2.68. The molecule has 1 aromatic rings. The van der Waals surface area contributed by atoms with Gasteiger partial charge in [0.15, 0.2) is 0 Å². The first kappa shape index (κ1) is 6.35. The third kappa shape index (κ3) is 1.57. The summed E-state index contributed by atoms with van der Waals surface area (Å²) in [7, 11) is 0. The summed E-state index contributed by atoms with van der Waals surface area (Å²) in [5.41, 5.74) is 6.12. The fourth-order valence-electron chi connectivity index (χ4n) is 0.446. The summed E-state index contributed by atoms with van der Waals surface area (Å²) in [4.78, 5) is 7.75. The van der Waals surface area contributed by atoms with E-state index < -0.39 is 0 Å².